The highest BCUT2D eigenvalue weighted by Gasteiger charge is 2.18. The first-order chi connectivity index (χ1) is 8.33. The minimum atomic E-state index is -0.0597. The maximum Gasteiger partial charge on any atom is 0.240 e. The van der Waals surface area contributed by atoms with Gasteiger partial charge in [0.25, 0.3) is 0 Å². The van der Waals surface area contributed by atoms with Crippen LogP contribution < -0.4 is 5.32 Å². The third-order valence-electron chi connectivity index (χ3n) is 3.00. The van der Waals surface area contributed by atoms with Crippen LogP contribution in [0.2, 0.25) is 0 Å². The molecule has 1 fully saturated rings. The van der Waals surface area contributed by atoms with Gasteiger partial charge in [-0.25, -0.2) is 0 Å². The molecule has 0 bridgehead atoms. The third kappa shape index (κ3) is 3.24. The molecule has 1 unspecified atom stereocenters. The van der Waals surface area contributed by atoms with Crippen LogP contribution in [0.4, 0.5) is 0 Å². The van der Waals surface area contributed by atoms with Crippen molar-refractivity contribution in [1.29, 1.82) is 0 Å². The fraction of sp³-hybridized carbons (Fsp3) is 0.818. The van der Waals surface area contributed by atoms with Gasteiger partial charge in [0, 0.05) is 33.3 Å². The molecule has 6 nitrogen and oxygen atoms in total. The molecule has 6 heteroatoms. The van der Waals surface area contributed by atoms with Crippen molar-refractivity contribution >= 4 is 0 Å². The molecule has 0 amide bonds. The Balaban J connectivity index is 1.93. The zero-order chi connectivity index (χ0) is 12.1. The summed E-state index contributed by atoms with van der Waals surface area (Å²) >= 11 is 0. The van der Waals surface area contributed by atoms with Crippen LogP contribution in [0.3, 0.4) is 0 Å². The second-order valence-corrected chi connectivity index (χ2v) is 4.21. The summed E-state index contributed by atoms with van der Waals surface area (Å²) in [5.41, 5.74) is 0. The van der Waals surface area contributed by atoms with Crippen molar-refractivity contribution in [3.63, 3.8) is 0 Å². The molecule has 1 aromatic heterocycles. The molecule has 0 radical (unpaired) electrons. The molecule has 2 heterocycles. The van der Waals surface area contributed by atoms with Gasteiger partial charge >= 0.3 is 0 Å². The van der Waals surface area contributed by atoms with Crippen LogP contribution in [0.5, 0.6) is 0 Å². The number of methoxy groups -OCH3 is 1. The SMILES string of the molecule is CCC(OC)c1noc(CN2CCNCC2)n1. The lowest BCUT2D eigenvalue weighted by atomic mass is 10.2. The average molecular weight is 240 g/mol. The highest BCUT2D eigenvalue weighted by molar-refractivity contribution is 4.91. The average Bonchev–Trinajstić information content (AvgIpc) is 2.81. The molecule has 1 saturated heterocycles. The smallest absolute Gasteiger partial charge is 0.240 e. The van der Waals surface area contributed by atoms with E-state index in [1.165, 1.54) is 0 Å². The summed E-state index contributed by atoms with van der Waals surface area (Å²) in [6.45, 7) is 6.88. The number of nitrogens with one attached hydrogen (secondary N) is 1. The Hall–Kier alpha value is -0.980. The number of nitrogens with zero attached hydrogens (tertiary/aromatic N) is 3. The van der Waals surface area contributed by atoms with E-state index in [0.29, 0.717) is 11.7 Å². The summed E-state index contributed by atoms with van der Waals surface area (Å²) in [6.07, 6.45) is 0.791. The topological polar surface area (TPSA) is 63.4 Å². The Morgan fingerprint density at radius 3 is 2.88 bits per heavy atom. The van der Waals surface area contributed by atoms with Crippen LogP contribution in [0.15, 0.2) is 4.52 Å². The summed E-state index contributed by atoms with van der Waals surface area (Å²) in [4.78, 5) is 6.69. The monoisotopic (exact) mass is 240 g/mol. The van der Waals surface area contributed by atoms with E-state index in [2.05, 4.69) is 20.4 Å². The van der Waals surface area contributed by atoms with Gasteiger partial charge in [0.05, 0.1) is 6.54 Å². The second-order valence-electron chi connectivity index (χ2n) is 4.21. The van der Waals surface area contributed by atoms with Crippen molar-refractivity contribution in [2.45, 2.75) is 26.0 Å². The van der Waals surface area contributed by atoms with Gasteiger partial charge in [0.1, 0.15) is 6.10 Å². The normalized spacial score (nSPS) is 19.4. The van der Waals surface area contributed by atoms with Crippen LogP contribution in [0.25, 0.3) is 0 Å². The van der Waals surface area contributed by atoms with E-state index in [0.717, 1.165) is 39.1 Å². The first kappa shape index (κ1) is 12.5. The van der Waals surface area contributed by atoms with Gasteiger partial charge in [-0.05, 0) is 6.42 Å². The summed E-state index contributed by atoms with van der Waals surface area (Å²) in [5, 5.41) is 7.28. The Bertz CT molecular complexity index is 332. The molecule has 1 N–H and O–H groups in total. The van der Waals surface area contributed by atoms with E-state index in [-0.39, 0.29) is 6.10 Å². The fourth-order valence-electron chi connectivity index (χ4n) is 1.98. The standard InChI is InChI=1S/C11H20N4O2/c1-3-9(16-2)11-13-10(17-14-11)8-15-6-4-12-5-7-15/h9,12H,3-8H2,1-2H3. The molecule has 0 saturated carbocycles. The predicted octanol–water partition coefficient (Wildman–Crippen LogP) is 0.572. The summed E-state index contributed by atoms with van der Waals surface area (Å²) in [5.74, 6) is 1.33. The van der Waals surface area contributed by atoms with Crippen molar-refractivity contribution in [3.05, 3.63) is 11.7 Å². The van der Waals surface area contributed by atoms with Crippen molar-refractivity contribution in [1.82, 2.24) is 20.4 Å². The fourth-order valence-corrected chi connectivity index (χ4v) is 1.98. The number of ether oxygens (including phenoxy) is 1. The molecular weight excluding hydrogens is 220 g/mol. The minimum absolute atomic E-state index is 0.0597. The second kappa shape index (κ2) is 6.09. The van der Waals surface area contributed by atoms with Gasteiger partial charge in [0.2, 0.25) is 11.7 Å². The van der Waals surface area contributed by atoms with E-state index in [9.17, 15) is 0 Å². The highest BCUT2D eigenvalue weighted by Crippen LogP contribution is 2.17. The maximum absolute atomic E-state index is 5.28. The molecule has 0 spiro atoms. The van der Waals surface area contributed by atoms with Gasteiger partial charge in [-0.3, -0.25) is 4.90 Å². The van der Waals surface area contributed by atoms with Crippen LogP contribution in [0, 0.1) is 0 Å². The van der Waals surface area contributed by atoms with Crippen molar-refractivity contribution in [3.8, 4) is 0 Å². The number of hydrogen-bond donors (Lipinski definition) is 1. The predicted molar refractivity (Wildman–Crippen MR) is 62.5 cm³/mol. The zero-order valence-electron chi connectivity index (χ0n) is 10.5. The quantitative estimate of drug-likeness (QED) is 0.812. The van der Waals surface area contributed by atoms with Crippen LogP contribution in [-0.4, -0.2) is 48.3 Å². The number of aromatic nitrogens is 2. The van der Waals surface area contributed by atoms with E-state index < -0.39 is 0 Å². The molecular formula is C11H20N4O2. The molecule has 1 aromatic rings. The van der Waals surface area contributed by atoms with Crippen molar-refractivity contribution < 1.29 is 9.26 Å². The minimum Gasteiger partial charge on any atom is -0.373 e. The molecule has 0 aliphatic carbocycles. The lowest BCUT2D eigenvalue weighted by Gasteiger charge is -2.25. The summed E-state index contributed by atoms with van der Waals surface area (Å²) < 4.78 is 10.5. The van der Waals surface area contributed by atoms with Crippen LogP contribution >= 0.6 is 0 Å². The number of rotatable bonds is 5. The highest BCUT2D eigenvalue weighted by atomic mass is 16.5. The number of piperazine rings is 1. The third-order valence-corrected chi connectivity index (χ3v) is 3.00. The van der Waals surface area contributed by atoms with Gasteiger partial charge in [-0.1, -0.05) is 12.1 Å². The molecule has 96 valence electrons. The van der Waals surface area contributed by atoms with E-state index in [4.69, 9.17) is 9.26 Å². The van der Waals surface area contributed by atoms with Crippen molar-refractivity contribution in [2.24, 2.45) is 0 Å². The maximum atomic E-state index is 5.28. The largest absolute Gasteiger partial charge is 0.373 e. The first-order valence-corrected chi connectivity index (χ1v) is 6.11. The molecule has 1 atom stereocenters. The Morgan fingerprint density at radius 2 is 2.24 bits per heavy atom. The Labute approximate surface area is 101 Å². The molecule has 0 aromatic carbocycles. The summed E-state index contributed by atoms with van der Waals surface area (Å²) in [7, 11) is 1.67. The number of hydrogen-bond acceptors (Lipinski definition) is 6. The van der Waals surface area contributed by atoms with E-state index >= 15 is 0 Å². The lowest BCUT2D eigenvalue weighted by Crippen LogP contribution is -2.42. The molecule has 1 aliphatic rings. The van der Waals surface area contributed by atoms with Crippen LogP contribution in [0.1, 0.15) is 31.2 Å². The van der Waals surface area contributed by atoms with E-state index in [1.807, 2.05) is 6.92 Å². The zero-order valence-corrected chi connectivity index (χ0v) is 10.5. The summed E-state index contributed by atoms with van der Waals surface area (Å²) in [6, 6.07) is 0. The van der Waals surface area contributed by atoms with Gasteiger partial charge in [-0.15, -0.1) is 0 Å². The van der Waals surface area contributed by atoms with Crippen molar-refractivity contribution in [2.75, 3.05) is 33.3 Å². The lowest BCUT2D eigenvalue weighted by molar-refractivity contribution is 0.0903. The molecule has 2 rings (SSSR count). The first-order valence-electron chi connectivity index (χ1n) is 6.11. The molecule has 1 aliphatic heterocycles. The van der Waals surface area contributed by atoms with Gasteiger partial charge < -0.3 is 14.6 Å². The Kier molecular flexibility index (Phi) is 4.47. The van der Waals surface area contributed by atoms with E-state index in [1.54, 1.807) is 7.11 Å². The Morgan fingerprint density at radius 1 is 1.47 bits per heavy atom. The van der Waals surface area contributed by atoms with Gasteiger partial charge in [0.15, 0.2) is 0 Å². The molecule has 17 heavy (non-hydrogen) atoms. The van der Waals surface area contributed by atoms with Crippen LogP contribution in [-0.2, 0) is 11.3 Å². The van der Waals surface area contributed by atoms with Gasteiger partial charge in [-0.2, -0.15) is 4.98 Å².